The Bertz CT molecular complexity index is 1040. The summed E-state index contributed by atoms with van der Waals surface area (Å²) in [5.41, 5.74) is -3.05. The molecule has 2 fully saturated rings. The molecule has 2 aliphatic rings. The molecule has 1 aromatic carbocycles. The van der Waals surface area contributed by atoms with Crippen LogP contribution in [0.25, 0.3) is 10.9 Å². The zero-order valence-electron chi connectivity index (χ0n) is 14.2. The van der Waals surface area contributed by atoms with Gasteiger partial charge in [-0.25, -0.2) is 4.79 Å². The number of morpholine rings is 1. The van der Waals surface area contributed by atoms with Gasteiger partial charge in [0.05, 0.1) is 51.2 Å². The Balaban J connectivity index is 1.63. The number of halogens is 4. The van der Waals surface area contributed by atoms with Gasteiger partial charge < -0.3 is 14.8 Å². The number of alkyl halides is 3. The smallest absolute Gasteiger partial charge is 0.391 e. The van der Waals surface area contributed by atoms with Gasteiger partial charge in [0.2, 0.25) is 0 Å². The van der Waals surface area contributed by atoms with Crippen molar-refractivity contribution in [1.82, 2.24) is 14.9 Å². The molecule has 2 aliphatic heterocycles. The van der Waals surface area contributed by atoms with Crippen molar-refractivity contribution in [3.8, 4) is 0 Å². The SMILES string of the molecule is O=c1[nH]c(=O)c2cc(C(F)(F)F)c(Cl)c(SC[C@H](O)CN3C[C@H]4OCC43)c2[nH]1. The molecule has 3 atom stereocenters. The molecule has 4 rings (SSSR count). The van der Waals surface area contributed by atoms with E-state index in [9.17, 15) is 27.9 Å². The Kier molecular flexibility index (Phi) is 4.99. The average Bonchev–Trinajstić information content (AvgIpc) is 2.56. The highest BCUT2D eigenvalue weighted by Gasteiger charge is 2.47. The molecule has 12 heteroatoms. The molecule has 152 valence electrons. The number of hydrogen-bond donors (Lipinski definition) is 3. The zero-order valence-corrected chi connectivity index (χ0v) is 15.7. The largest absolute Gasteiger partial charge is 0.417 e. The predicted octanol–water partition coefficient (Wildman–Crippen LogP) is 1.42. The molecule has 0 amide bonds. The lowest BCUT2D eigenvalue weighted by Crippen LogP contribution is -2.71. The molecule has 2 saturated heterocycles. The number of β-amino-alcohol motifs (C(OH)–C–C–N with tert-alkyl or cyclic N) is 1. The van der Waals surface area contributed by atoms with Crippen molar-refractivity contribution >= 4 is 34.3 Å². The normalized spacial score (nSPS) is 23.2. The van der Waals surface area contributed by atoms with Crippen molar-refractivity contribution in [2.75, 3.05) is 25.4 Å². The summed E-state index contributed by atoms with van der Waals surface area (Å²) in [7, 11) is 0. The quantitative estimate of drug-likeness (QED) is 0.612. The molecule has 2 aromatic rings. The summed E-state index contributed by atoms with van der Waals surface area (Å²) in [6.45, 7) is 1.67. The minimum absolute atomic E-state index is 0.0414. The number of rotatable bonds is 5. The summed E-state index contributed by atoms with van der Waals surface area (Å²) in [5, 5.41) is 9.32. The molecule has 0 spiro atoms. The first-order chi connectivity index (χ1) is 13.1. The maximum absolute atomic E-state index is 13.3. The highest BCUT2D eigenvalue weighted by molar-refractivity contribution is 7.99. The third-order valence-corrected chi connectivity index (χ3v) is 6.65. The maximum atomic E-state index is 13.3. The number of likely N-dealkylation sites (tertiary alicyclic amines) is 1. The summed E-state index contributed by atoms with van der Waals surface area (Å²) >= 11 is 6.84. The van der Waals surface area contributed by atoms with Gasteiger partial charge in [-0.1, -0.05) is 11.6 Å². The molecule has 0 radical (unpaired) electrons. The van der Waals surface area contributed by atoms with E-state index in [1.807, 2.05) is 9.88 Å². The zero-order chi connectivity index (χ0) is 20.2. The topological polar surface area (TPSA) is 98.4 Å². The van der Waals surface area contributed by atoms with Crippen LogP contribution in [0.4, 0.5) is 13.2 Å². The first-order valence-electron chi connectivity index (χ1n) is 8.37. The molecular formula is C16H15ClF3N3O4S. The molecule has 3 N–H and O–H groups in total. The van der Waals surface area contributed by atoms with E-state index in [1.165, 1.54) is 0 Å². The molecule has 1 unspecified atom stereocenters. The molecule has 0 aliphatic carbocycles. The number of fused-ring (bicyclic) bond motifs is 2. The first kappa shape index (κ1) is 19.8. The van der Waals surface area contributed by atoms with Gasteiger partial charge in [-0.3, -0.25) is 14.7 Å². The van der Waals surface area contributed by atoms with Crippen molar-refractivity contribution in [3.05, 3.63) is 37.5 Å². The fraction of sp³-hybridized carbons (Fsp3) is 0.500. The number of aromatic amines is 2. The second kappa shape index (κ2) is 7.06. The fourth-order valence-corrected chi connectivity index (χ4v) is 4.80. The van der Waals surface area contributed by atoms with Crippen LogP contribution in [-0.2, 0) is 10.9 Å². The molecule has 7 nitrogen and oxygen atoms in total. The van der Waals surface area contributed by atoms with Gasteiger partial charge in [-0.05, 0) is 6.07 Å². The van der Waals surface area contributed by atoms with Crippen LogP contribution in [0.2, 0.25) is 5.02 Å². The van der Waals surface area contributed by atoms with Crippen LogP contribution in [0.3, 0.4) is 0 Å². The minimum atomic E-state index is -4.78. The maximum Gasteiger partial charge on any atom is 0.417 e. The standard InChI is InChI=1S/C16H15ClF3N3O4S/c17-11-8(16(18,19)20)1-7-12(21-15(26)22-14(7)25)13(11)28-5-6(24)2-23-3-10-9(23)4-27-10/h1,6,9-10,24H,2-5H2,(H2,21,22,25,26)/t6-,9?,10-/m1/s1. The molecular weight excluding hydrogens is 423 g/mol. The van der Waals surface area contributed by atoms with Crippen LogP contribution < -0.4 is 11.2 Å². The highest BCUT2D eigenvalue weighted by Crippen LogP contribution is 2.42. The number of ether oxygens (including phenoxy) is 1. The average molecular weight is 438 g/mol. The first-order valence-corrected chi connectivity index (χ1v) is 9.74. The highest BCUT2D eigenvalue weighted by atomic mass is 35.5. The van der Waals surface area contributed by atoms with Gasteiger partial charge in [0, 0.05) is 18.8 Å². The van der Waals surface area contributed by atoms with E-state index in [0.29, 0.717) is 25.8 Å². The molecule has 1 aromatic heterocycles. The van der Waals surface area contributed by atoms with Crippen LogP contribution in [0.1, 0.15) is 5.56 Å². The number of nitrogens with one attached hydrogen (secondary N) is 2. The Morgan fingerprint density at radius 3 is 2.71 bits per heavy atom. The number of aliphatic hydroxyl groups excluding tert-OH is 1. The minimum Gasteiger partial charge on any atom is -0.391 e. The molecule has 0 bridgehead atoms. The second-order valence-electron chi connectivity index (χ2n) is 6.75. The summed E-state index contributed by atoms with van der Waals surface area (Å²) in [6.07, 6.45) is -5.40. The van der Waals surface area contributed by atoms with E-state index in [-0.39, 0.29) is 33.7 Å². The monoisotopic (exact) mass is 437 g/mol. The summed E-state index contributed by atoms with van der Waals surface area (Å²) in [6, 6.07) is 0.900. The van der Waals surface area contributed by atoms with Gasteiger partial charge in [-0.15, -0.1) is 11.8 Å². The van der Waals surface area contributed by atoms with Crippen molar-refractivity contribution in [2.24, 2.45) is 0 Å². The Morgan fingerprint density at radius 2 is 2.14 bits per heavy atom. The summed E-state index contributed by atoms with van der Waals surface area (Å²) in [5.74, 6) is 0.0414. The van der Waals surface area contributed by atoms with Crippen molar-refractivity contribution in [2.45, 2.75) is 29.3 Å². The van der Waals surface area contributed by atoms with E-state index in [1.54, 1.807) is 0 Å². The van der Waals surface area contributed by atoms with Crippen LogP contribution in [0.5, 0.6) is 0 Å². The fourth-order valence-electron chi connectivity index (χ4n) is 3.37. The van der Waals surface area contributed by atoms with E-state index in [0.717, 1.165) is 11.8 Å². The van der Waals surface area contributed by atoms with Crippen molar-refractivity contribution in [1.29, 1.82) is 0 Å². The second-order valence-corrected chi connectivity index (χ2v) is 8.16. The van der Waals surface area contributed by atoms with Crippen LogP contribution >= 0.6 is 23.4 Å². The van der Waals surface area contributed by atoms with Crippen LogP contribution in [-0.4, -0.2) is 63.7 Å². The molecule has 28 heavy (non-hydrogen) atoms. The van der Waals surface area contributed by atoms with Crippen LogP contribution in [0.15, 0.2) is 20.6 Å². The van der Waals surface area contributed by atoms with Crippen molar-refractivity contribution in [3.63, 3.8) is 0 Å². The van der Waals surface area contributed by atoms with Gasteiger partial charge in [0.25, 0.3) is 5.56 Å². The lowest BCUT2D eigenvalue weighted by molar-refractivity contribution is -0.218. The van der Waals surface area contributed by atoms with Gasteiger partial charge >= 0.3 is 11.9 Å². The van der Waals surface area contributed by atoms with E-state index >= 15 is 0 Å². The lowest BCUT2D eigenvalue weighted by Gasteiger charge is -2.55. The Hall–Kier alpha value is -1.53. The Morgan fingerprint density at radius 1 is 1.39 bits per heavy atom. The number of H-pyrrole nitrogens is 2. The third-order valence-electron chi connectivity index (χ3n) is 4.90. The number of nitrogens with zero attached hydrogens (tertiary/aromatic N) is 1. The number of aliphatic hydroxyl groups is 1. The van der Waals surface area contributed by atoms with E-state index < -0.39 is 34.1 Å². The number of thioether (sulfide) groups is 1. The summed E-state index contributed by atoms with van der Waals surface area (Å²) in [4.78, 5) is 29.8. The van der Waals surface area contributed by atoms with Gasteiger partial charge in [0.1, 0.15) is 0 Å². The van der Waals surface area contributed by atoms with Gasteiger partial charge in [-0.2, -0.15) is 13.2 Å². The predicted molar refractivity (Wildman–Crippen MR) is 97.0 cm³/mol. The van der Waals surface area contributed by atoms with Crippen LogP contribution in [0, 0.1) is 0 Å². The van der Waals surface area contributed by atoms with E-state index in [4.69, 9.17) is 16.3 Å². The molecule has 0 saturated carbocycles. The third kappa shape index (κ3) is 3.45. The number of benzene rings is 1. The Labute approximate surface area is 164 Å². The van der Waals surface area contributed by atoms with Crippen molar-refractivity contribution < 1.29 is 23.0 Å². The number of aromatic nitrogens is 2. The molecule has 3 heterocycles. The summed E-state index contributed by atoms with van der Waals surface area (Å²) < 4.78 is 45.3. The van der Waals surface area contributed by atoms with Gasteiger partial charge in [0.15, 0.2) is 0 Å². The lowest BCUT2D eigenvalue weighted by atomic mass is 9.94. The number of hydrogen-bond acceptors (Lipinski definition) is 6. The van der Waals surface area contributed by atoms with E-state index in [2.05, 4.69) is 4.98 Å².